The maximum atomic E-state index is 12.5. The molecule has 0 atom stereocenters. The summed E-state index contributed by atoms with van der Waals surface area (Å²) < 4.78 is 25.4. The van der Waals surface area contributed by atoms with Crippen molar-refractivity contribution in [1.82, 2.24) is 4.98 Å². The van der Waals surface area contributed by atoms with Gasteiger partial charge in [-0.15, -0.1) is 0 Å². The summed E-state index contributed by atoms with van der Waals surface area (Å²) in [5.41, 5.74) is -1.16. The number of alkyl halides is 3. The van der Waals surface area contributed by atoms with Gasteiger partial charge in [0.05, 0.1) is 10.5 Å². The highest BCUT2D eigenvalue weighted by Gasteiger charge is 2.28. The molecule has 0 fully saturated rings. The highest BCUT2D eigenvalue weighted by Crippen LogP contribution is 2.33. The van der Waals surface area contributed by atoms with E-state index >= 15 is 0 Å². The normalized spacial score (nSPS) is 10.7. The molecule has 1 aromatic heterocycles. The lowest BCUT2D eigenvalue weighted by Crippen LogP contribution is -2.04. The molecule has 1 rings (SSSR count). The summed E-state index contributed by atoms with van der Waals surface area (Å²) in [5.74, 6) is 0. The van der Waals surface area contributed by atoms with Crippen LogP contribution in [0.1, 0.15) is 17.7 Å². The Morgan fingerprint density at radius 3 is 2.67 bits per heavy atom. The Bertz CT molecular complexity index is 403. The number of halogens is 4. The third-order valence-corrected chi connectivity index (χ3v) is 3.15. The Morgan fingerprint density at radius 2 is 2.27 bits per heavy atom. The van der Waals surface area contributed by atoms with Crippen molar-refractivity contribution < 1.29 is 13.7 Å². The third kappa shape index (κ3) is 2.60. The average molecular weight is 393 g/mol. The second-order valence-corrected chi connectivity index (χ2v) is 4.23. The Kier molecular flexibility index (Phi) is 4.32. The van der Waals surface area contributed by atoms with Crippen molar-refractivity contribution in [3.63, 3.8) is 0 Å². The maximum Gasteiger partial charge on any atom is 0.301 e. The smallest absolute Gasteiger partial charge is 0.258 e. The molecule has 0 aliphatic carbocycles. The molecule has 15 heavy (non-hydrogen) atoms. The van der Waals surface area contributed by atoms with Gasteiger partial charge in [-0.05, 0) is 22.6 Å². The molecule has 4 nitrogen and oxygen atoms in total. The summed E-state index contributed by atoms with van der Waals surface area (Å²) in [7, 11) is 0. The first-order chi connectivity index (χ1) is 6.99. The van der Waals surface area contributed by atoms with Crippen LogP contribution in [0.5, 0.6) is 0 Å². The molecule has 0 aliphatic heterocycles. The first kappa shape index (κ1) is 12.7. The van der Waals surface area contributed by atoms with Crippen LogP contribution >= 0.6 is 38.5 Å². The highest BCUT2D eigenvalue weighted by atomic mass is 127. The summed E-state index contributed by atoms with van der Waals surface area (Å²) in [4.78, 5) is 13.2. The fourth-order valence-corrected chi connectivity index (χ4v) is 2.70. The van der Waals surface area contributed by atoms with Crippen molar-refractivity contribution >= 4 is 44.2 Å². The molecule has 0 saturated heterocycles. The zero-order valence-corrected chi connectivity index (χ0v) is 10.8. The summed E-state index contributed by atoms with van der Waals surface area (Å²) in [6.07, 6.45) is -1.74. The van der Waals surface area contributed by atoms with E-state index in [4.69, 9.17) is 0 Å². The molecular weight excluding hydrogens is 389 g/mol. The number of pyridine rings is 1. The van der Waals surface area contributed by atoms with E-state index in [1.54, 1.807) is 0 Å². The van der Waals surface area contributed by atoms with Crippen LogP contribution in [0, 0.1) is 13.7 Å². The molecule has 0 saturated carbocycles. The molecule has 0 N–H and O–H groups in total. The molecule has 82 valence electrons. The molecule has 1 aromatic rings. The lowest BCUT2D eigenvalue weighted by Gasteiger charge is -2.06. The Labute approximate surface area is 105 Å². The van der Waals surface area contributed by atoms with Crippen molar-refractivity contribution in [3.8, 4) is 0 Å². The lowest BCUT2D eigenvalue weighted by atomic mass is 10.2. The van der Waals surface area contributed by atoms with Crippen molar-refractivity contribution in [2.24, 2.45) is 0 Å². The van der Waals surface area contributed by atoms with E-state index in [9.17, 15) is 18.9 Å². The quantitative estimate of drug-likeness (QED) is 0.343. The van der Waals surface area contributed by atoms with Crippen LogP contribution in [0.2, 0.25) is 0 Å². The van der Waals surface area contributed by atoms with Gasteiger partial charge >= 0.3 is 5.69 Å². The van der Waals surface area contributed by atoms with Gasteiger partial charge in [-0.25, -0.2) is 13.8 Å². The SMILES string of the molecule is O=[N+]([O-])c1c(C(F)F)ncc(I)c1CBr. The number of hydrogen-bond donors (Lipinski definition) is 0. The van der Waals surface area contributed by atoms with E-state index in [0.717, 1.165) is 0 Å². The molecule has 0 spiro atoms. The number of aromatic nitrogens is 1. The molecule has 8 heteroatoms. The molecule has 0 unspecified atom stereocenters. The zero-order chi connectivity index (χ0) is 11.6. The fraction of sp³-hybridized carbons (Fsp3) is 0.286. The van der Waals surface area contributed by atoms with E-state index in [1.807, 2.05) is 22.6 Å². The summed E-state index contributed by atoms with van der Waals surface area (Å²) in [5, 5.41) is 10.8. The van der Waals surface area contributed by atoms with Crippen LogP contribution in [-0.2, 0) is 5.33 Å². The molecular formula is C7H4BrF2IN2O2. The van der Waals surface area contributed by atoms with Gasteiger partial charge in [-0.1, -0.05) is 15.9 Å². The second-order valence-electron chi connectivity index (χ2n) is 2.51. The van der Waals surface area contributed by atoms with Crippen LogP contribution in [0.3, 0.4) is 0 Å². The van der Waals surface area contributed by atoms with Crippen LogP contribution in [0.25, 0.3) is 0 Å². The fourth-order valence-electron chi connectivity index (χ4n) is 1.02. The molecule has 1 heterocycles. The Hall–Kier alpha value is -0.380. The average Bonchev–Trinajstić information content (AvgIpc) is 2.16. The van der Waals surface area contributed by atoms with Crippen LogP contribution in [0.4, 0.5) is 14.5 Å². The first-order valence-corrected chi connectivity index (χ1v) is 5.84. The minimum absolute atomic E-state index is 0.143. The summed E-state index contributed by atoms with van der Waals surface area (Å²) in [6.45, 7) is 0. The molecule has 0 radical (unpaired) electrons. The summed E-state index contributed by atoms with van der Waals surface area (Å²) >= 11 is 4.85. The predicted octanol–water partition coefficient (Wildman–Crippen LogP) is 3.43. The van der Waals surface area contributed by atoms with Gasteiger partial charge < -0.3 is 0 Å². The van der Waals surface area contributed by atoms with Gasteiger partial charge in [0.25, 0.3) is 6.43 Å². The van der Waals surface area contributed by atoms with Gasteiger partial charge in [-0.2, -0.15) is 0 Å². The van der Waals surface area contributed by atoms with Gasteiger partial charge in [0.15, 0.2) is 5.69 Å². The van der Waals surface area contributed by atoms with Gasteiger partial charge in [0.2, 0.25) is 0 Å². The van der Waals surface area contributed by atoms with E-state index in [0.29, 0.717) is 3.57 Å². The second kappa shape index (κ2) is 5.10. The number of nitrogens with zero attached hydrogens (tertiary/aromatic N) is 2. The number of hydrogen-bond acceptors (Lipinski definition) is 3. The third-order valence-electron chi connectivity index (χ3n) is 1.66. The van der Waals surface area contributed by atoms with Crippen molar-refractivity contribution in [2.75, 3.05) is 0 Å². The maximum absolute atomic E-state index is 12.5. The predicted molar refractivity (Wildman–Crippen MR) is 61.2 cm³/mol. The summed E-state index contributed by atoms with van der Waals surface area (Å²) in [6, 6.07) is 0. The Morgan fingerprint density at radius 1 is 1.67 bits per heavy atom. The van der Waals surface area contributed by atoms with Crippen molar-refractivity contribution in [3.05, 3.63) is 31.1 Å². The minimum atomic E-state index is -2.94. The van der Waals surface area contributed by atoms with Crippen LogP contribution in [-0.4, -0.2) is 9.91 Å². The van der Waals surface area contributed by atoms with Gasteiger partial charge in [0.1, 0.15) is 0 Å². The van der Waals surface area contributed by atoms with Gasteiger partial charge in [0, 0.05) is 15.1 Å². The van der Waals surface area contributed by atoms with E-state index in [1.165, 1.54) is 6.20 Å². The Balaban J connectivity index is 3.49. The van der Waals surface area contributed by atoms with Crippen molar-refractivity contribution in [1.29, 1.82) is 0 Å². The van der Waals surface area contributed by atoms with Gasteiger partial charge in [-0.3, -0.25) is 10.1 Å². The highest BCUT2D eigenvalue weighted by molar-refractivity contribution is 14.1. The van der Waals surface area contributed by atoms with Crippen molar-refractivity contribution in [2.45, 2.75) is 11.8 Å². The van der Waals surface area contributed by atoms with E-state index < -0.39 is 22.7 Å². The largest absolute Gasteiger partial charge is 0.301 e. The zero-order valence-electron chi connectivity index (χ0n) is 7.08. The number of nitro groups is 1. The lowest BCUT2D eigenvalue weighted by molar-refractivity contribution is -0.387. The molecule has 0 bridgehead atoms. The number of rotatable bonds is 3. The molecule has 0 aromatic carbocycles. The monoisotopic (exact) mass is 392 g/mol. The van der Waals surface area contributed by atoms with Crippen LogP contribution < -0.4 is 0 Å². The molecule has 0 aliphatic rings. The van der Waals surface area contributed by atoms with Crippen LogP contribution in [0.15, 0.2) is 6.20 Å². The topological polar surface area (TPSA) is 56.0 Å². The van der Waals surface area contributed by atoms with E-state index in [-0.39, 0.29) is 10.9 Å². The minimum Gasteiger partial charge on any atom is -0.258 e. The van der Waals surface area contributed by atoms with E-state index in [2.05, 4.69) is 20.9 Å². The first-order valence-electron chi connectivity index (χ1n) is 3.64. The molecule has 0 amide bonds. The standard InChI is InChI=1S/C7H4BrF2IN2O2/c8-1-3-4(11)2-12-5(7(9)10)6(3)13(14)15/h2,7H,1H2.